The average Bonchev–Trinajstić information content (AvgIpc) is 3.81. The summed E-state index contributed by atoms with van der Waals surface area (Å²) in [5.41, 5.74) is 8.88. The topological polar surface area (TPSA) is 153 Å². The normalized spacial score (nSPS) is 12.5. The first-order chi connectivity index (χ1) is 37.1. The molecule has 1 aliphatic carbocycles. The van der Waals surface area contributed by atoms with Crippen LogP contribution in [-0.2, 0) is 31.2 Å². The van der Waals surface area contributed by atoms with E-state index in [-0.39, 0.29) is 43.8 Å². The van der Waals surface area contributed by atoms with Crippen molar-refractivity contribution in [3.63, 3.8) is 0 Å². The van der Waals surface area contributed by atoms with Gasteiger partial charge in [-0.2, -0.15) is 0 Å². The van der Waals surface area contributed by atoms with E-state index >= 15 is 4.79 Å². The van der Waals surface area contributed by atoms with E-state index < -0.39 is 29.6 Å². The number of alkyl carbamates (subject to hydrolysis) is 1. The molecule has 8 aromatic carbocycles. The number of benzene rings is 8. The average molecular weight is 1010 g/mol. The molecule has 0 fully saturated rings. The highest BCUT2D eigenvalue weighted by molar-refractivity contribution is 5.88. The third-order valence-corrected chi connectivity index (χ3v) is 13.8. The van der Waals surface area contributed by atoms with Gasteiger partial charge in [0, 0.05) is 24.4 Å². The van der Waals surface area contributed by atoms with Crippen LogP contribution in [-0.4, -0.2) is 57.3 Å². The fourth-order valence-corrected chi connectivity index (χ4v) is 9.89. The molecular weight excluding hydrogens is 953 g/mol. The largest absolute Gasteiger partial charge is 0.497 e. The van der Waals surface area contributed by atoms with Crippen LogP contribution in [0.5, 0.6) is 17.2 Å². The molecule has 4 N–H and O–H groups in total. The summed E-state index contributed by atoms with van der Waals surface area (Å²) in [5, 5.41) is 12.3. The van der Waals surface area contributed by atoms with Gasteiger partial charge in [-0.3, -0.25) is 14.4 Å². The Balaban J connectivity index is 0.991. The van der Waals surface area contributed by atoms with Gasteiger partial charge < -0.3 is 40.2 Å². The molecule has 12 heteroatoms. The van der Waals surface area contributed by atoms with Gasteiger partial charge in [-0.1, -0.05) is 181 Å². The van der Waals surface area contributed by atoms with Crippen LogP contribution in [0, 0.1) is 6.92 Å². The van der Waals surface area contributed by atoms with Crippen molar-refractivity contribution in [1.82, 2.24) is 21.3 Å². The summed E-state index contributed by atoms with van der Waals surface area (Å²) in [7, 11) is 3.08. The van der Waals surface area contributed by atoms with Gasteiger partial charge in [0.1, 0.15) is 35.4 Å². The molecule has 0 bridgehead atoms. The fourth-order valence-electron chi connectivity index (χ4n) is 9.89. The highest BCUT2D eigenvalue weighted by atomic mass is 16.5. The second kappa shape index (κ2) is 24.2. The van der Waals surface area contributed by atoms with Gasteiger partial charge >= 0.3 is 6.09 Å². The van der Waals surface area contributed by atoms with Crippen molar-refractivity contribution in [2.24, 2.45) is 0 Å². The molecule has 384 valence electrons. The number of carbonyl (C=O) groups is 4. The van der Waals surface area contributed by atoms with Crippen molar-refractivity contribution >= 4 is 23.8 Å². The first kappa shape index (κ1) is 51.7. The summed E-state index contributed by atoms with van der Waals surface area (Å²) in [6, 6.07) is 63.3. The number of rotatable bonds is 21. The molecule has 0 aliphatic heterocycles. The molecule has 12 nitrogen and oxygen atoms in total. The van der Waals surface area contributed by atoms with E-state index in [1.807, 2.05) is 159 Å². The Morgan fingerprint density at radius 1 is 0.579 bits per heavy atom. The lowest BCUT2D eigenvalue weighted by Crippen LogP contribution is -2.50. The lowest BCUT2D eigenvalue weighted by molar-refractivity contribution is -0.125. The second-order valence-corrected chi connectivity index (χ2v) is 18.6. The molecule has 76 heavy (non-hydrogen) atoms. The minimum Gasteiger partial charge on any atom is -0.497 e. The summed E-state index contributed by atoms with van der Waals surface area (Å²) in [6.07, 6.45) is -1.11. The molecule has 0 heterocycles. The Morgan fingerprint density at radius 2 is 1.13 bits per heavy atom. The minimum atomic E-state index is -1.28. The highest BCUT2D eigenvalue weighted by Crippen LogP contribution is 2.45. The van der Waals surface area contributed by atoms with E-state index in [1.165, 1.54) is 7.11 Å². The second-order valence-electron chi connectivity index (χ2n) is 18.6. The Hall–Kier alpha value is -9.16. The number of carbonyl (C=O) groups excluding carboxylic acids is 4. The van der Waals surface area contributed by atoms with Crippen molar-refractivity contribution in [2.75, 3.05) is 27.4 Å². The van der Waals surface area contributed by atoms with Gasteiger partial charge in [0.05, 0.1) is 20.3 Å². The number of aryl methyl sites for hydroxylation is 1. The third kappa shape index (κ3) is 11.9. The Labute approximate surface area is 443 Å². The molecule has 0 aromatic heterocycles. The van der Waals surface area contributed by atoms with Crippen LogP contribution >= 0.6 is 0 Å². The SMILES string of the molecule is COc1ccc(OC)c(C(NC(=O)[C@H](CCC(=O)NC(c2ccccc2)(c2ccccc2)c2ccccc2)NC(=O)OCC2c3ccccc3-c3ccccc32)c2ccc(OCC(=O)NCc3ccc(C)cc3)cc2)c1. The zero-order valence-electron chi connectivity index (χ0n) is 42.7. The predicted molar refractivity (Wildman–Crippen MR) is 293 cm³/mol. The van der Waals surface area contributed by atoms with Gasteiger partial charge in [0.25, 0.3) is 5.91 Å². The van der Waals surface area contributed by atoms with Crippen molar-refractivity contribution < 1.29 is 38.1 Å². The monoisotopic (exact) mass is 1010 g/mol. The molecule has 9 rings (SSSR count). The predicted octanol–water partition coefficient (Wildman–Crippen LogP) is 10.7. The molecule has 2 atom stereocenters. The Bertz CT molecular complexity index is 3120. The molecule has 8 aromatic rings. The molecule has 0 spiro atoms. The molecule has 1 unspecified atom stereocenters. The summed E-state index contributed by atoms with van der Waals surface area (Å²) in [5.74, 6) is -0.0909. The lowest BCUT2D eigenvalue weighted by Gasteiger charge is -2.37. The number of hydrogen-bond donors (Lipinski definition) is 4. The van der Waals surface area contributed by atoms with Crippen LogP contribution < -0.4 is 35.5 Å². The summed E-state index contributed by atoms with van der Waals surface area (Å²) >= 11 is 0. The van der Waals surface area contributed by atoms with Crippen LogP contribution in [0.2, 0.25) is 0 Å². The zero-order valence-corrected chi connectivity index (χ0v) is 42.7. The first-order valence-electron chi connectivity index (χ1n) is 25.3. The summed E-state index contributed by atoms with van der Waals surface area (Å²) in [4.78, 5) is 56.8. The van der Waals surface area contributed by atoms with Gasteiger partial charge in [0.2, 0.25) is 11.8 Å². The van der Waals surface area contributed by atoms with Gasteiger partial charge in [-0.05, 0) is 93.7 Å². The number of ether oxygens (including phenoxy) is 4. The lowest BCUT2D eigenvalue weighted by atomic mass is 9.77. The first-order valence-corrected chi connectivity index (χ1v) is 25.3. The standard InChI is InChI=1S/C64H60N4O8/c1-43-27-29-44(30-28-43)40-65-60(70)42-75-49-33-31-45(32-34-49)61(55-39-50(73-2)35-37-58(55)74-3)67-62(71)57(66-63(72)76-41-56-53-25-15-13-23-51(53)52-24-14-16-26-54(52)56)36-38-59(69)68-64(46-17-7-4-8-18-46,47-19-9-5-10-20-47)48-21-11-6-12-22-48/h4-35,37,39,56-57,61H,36,38,40-42H2,1-3H3,(H,65,70)(H,66,72)(H,67,71)(H,68,69)/t57-,61?/m0/s1. The third-order valence-electron chi connectivity index (χ3n) is 13.8. The van der Waals surface area contributed by atoms with E-state index in [9.17, 15) is 14.4 Å². The quantitative estimate of drug-likeness (QED) is 0.0519. The van der Waals surface area contributed by atoms with Crippen molar-refractivity contribution in [3.05, 3.63) is 256 Å². The van der Waals surface area contributed by atoms with Gasteiger partial charge in [-0.25, -0.2) is 4.79 Å². The summed E-state index contributed by atoms with van der Waals surface area (Å²) in [6.45, 7) is 2.17. The van der Waals surface area contributed by atoms with Crippen molar-refractivity contribution in [3.8, 4) is 28.4 Å². The van der Waals surface area contributed by atoms with E-state index in [0.717, 1.165) is 50.1 Å². The van der Waals surface area contributed by atoms with Crippen LogP contribution in [0.4, 0.5) is 4.79 Å². The number of methoxy groups -OCH3 is 2. The molecule has 0 radical (unpaired) electrons. The van der Waals surface area contributed by atoms with E-state index in [0.29, 0.717) is 34.9 Å². The van der Waals surface area contributed by atoms with Crippen LogP contribution in [0.15, 0.2) is 206 Å². The summed E-state index contributed by atoms with van der Waals surface area (Å²) < 4.78 is 23.4. The van der Waals surface area contributed by atoms with E-state index in [4.69, 9.17) is 18.9 Å². The molecule has 0 saturated heterocycles. The molecule has 1 aliphatic rings. The van der Waals surface area contributed by atoms with Gasteiger partial charge in [0.15, 0.2) is 6.61 Å². The number of hydrogen-bond acceptors (Lipinski definition) is 8. The van der Waals surface area contributed by atoms with Crippen LogP contribution in [0.3, 0.4) is 0 Å². The van der Waals surface area contributed by atoms with Crippen molar-refractivity contribution in [1.29, 1.82) is 0 Å². The maximum Gasteiger partial charge on any atom is 0.407 e. The van der Waals surface area contributed by atoms with E-state index in [2.05, 4.69) is 33.4 Å². The smallest absolute Gasteiger partial charge is 0.407 e. The minimum absolute atomic E-state index is 0.00882. The molecular formula is C64H60N4O8. The number of nitrogens with one attached hydrogen (secondary N) is 4. The Morgan fingerprint density at radius 3 is 1.70 bits per heavy atom. The van der Waals surface area contributed by atoms with Crippen LogP contribution in [0.25, 0.3) is 11.1 Å². The maximum absolute atomic E-state index is 15.1. The fraction of sp³-hybridized carbons (Fsp3) is 0.188. The number of amides is 4. The molecule has 0 saturated carbocycles. The van der Waals surface area contributed by atoms with Crippen molar-refractivity contribution in [2.45, 2.75) is 49.9 Å². The number of fused-ring (bicyclic) bond motifs is 3. The maximum atomic E-state index is 15.1. The van der Waals surface area contributed by atoms with Gasteiger partial charge in [-0.15, -0.1) is 0 Å². The highest BCUT2D eigenvalue weighted by Gasteiger charge is 2.39. The molecule has 4 amide bonds. The van der Waals surface area contributed by atoms with Crippen LogP contribution in [0.1, 0.15) is 74.9 Å². The Kier molecular flexibility index (Phi) is 16.5. The zero-order chi connectivity index (χ0) is 52.9. The van der Waals surface area contributed by atoms with E-state index in [1.54, 1.807) is 49.6 Å².